The fraction of sp³-hybridized carbons (Fsp3) is 0.278. The number of fused-ring (bicyclic) bond motifs is 1. The molecule has 0 spiro atoms. The predicted molar refractivity (Wildman–Crippen MR) is 90.2 cm³/mol. The van der Waals surface area contributed by atoms with Crippen LogP contribution in [0.3, 0.4) is 0 Å². The van der Waals surface area contributed by atoms with Crippen molar-refractivity contribution in [3.63, 3.8) is 0 Å². The highest BCUT2D eigenvalue weighted by Crippen LogP contribution is 2.14. The quantitative estimate of drug-likeness (QED) is 0.515. The average Bonchev–Trinajstić information content (AvgIpc) is 3.02. The molecule has 0 radical (unpaired) electrons. The molecule has 6 nitrogen and oxygen atoms in total. The van der Waals surface area contributed by atoms with Gasteiger partial charge in [-0.05, 0) is 44.2 Å². The topological polar surface area (TPSA) is 66.2 Å². The molecule has 3 aromatic rings. The molecule has 0 bridgehead atoms. The lowest BCUT2D eigenvalue weighted by atomic mass is 10.2. The number of carbonyl (C=O) groups excluding carboxylic acids is 1. The first kappa shape index (κ1) is 16.0. The maximum Gasteiger partial charge on any atom is 0.338 e. The van der Waals surface area contributed by atoms with E-state index < -0.39 is 5.97 Å². The van der Waals surface area contributed by atoms with E-state index in [0.29, 0.717) is 17.7 Å². The highest BCUT2D eigenvalue weighted by Gasteiger charge is 2.11. The van der Waals surface area contributed by atoms with Gasteiger partial charge >= 0.3 is 5.97 Å². The molecule has 0 unspecified atom stereocenters. The van der Waals surface area contributed by atoms with Gasteiger partial charge in [-0.3, -0.25) is 0 Å². The molecular weight excluding hydrogens is 306 g/mol. The van der Waals surface area contributed by atoms with Crippen molar-refractivity contribution in [1.29, 1.82) is 0 Å². The molecule has 2 aromatic carbocycles. The van der Waals surface area contributed by atoms with Crippen molar-refractivity contribution in [2.24, 2.45) is 0 Å². The number of nitrogens with zero attached hydrogens (tertiary/aromatic N) is 3. The van der Waals surface area contributed by atoms with Crippen molar-refractivity contribution in [2.45, 2.75) is 20.4 Å². The van der Waals surface area contributed by atoms with Crippen molar-refractivity contribution >= 4 is 17.0 Å². The van der Waals surface area contributed by atoms with Crippen LogP contribution in [0.4, 0.5) is 0 Å². The summed E-state index contributed by atoms with van der Waals surface area (Å²) in [6.45, 7) is 5.23. The molecule has 3 rings (SSSR count). The lowest BCUT2D eigenvalue weighted by Gasteiger charge is -2.07. The van der Waals surface area contributed by atoms with Crippen LogP contribution < -0.4 is 4.74 Å². The van der Waals surface area contributed by atoms with Gasteiger partial charge in [-0.25, -0.2) is 9.48 Å². The van der Waals surface area contributed by atoms with E-state index >= 15 is 0 Å². The Bertz CT molecular complexity index is 840. The molecule has 124 valence electrons. The lowest BCUT2D eigenvalue weighted by Crippen LogP contribution is -2.12. The van der Waals surface area contributed by atoms with Crippen molar-refractivity contribution in [3.05, 3.63) is 53.6 Å². The van der Waals surface area contributed by atoms with E-state index in [9.17, 15) is 4.79 Å². The van der Waals surface area contributed by atoms with E-state index in [4.69, 9.17) is 9.47 Å². The zero-order valence-electron chi connectivity index (χ0n) is 13.7. The third-order valence-electron chi connectivity index (χ3n) is 3.66. The number of benzene rings is 2. The van der Waals surface area contributed by atoms with Gasteiger partial charge in [-0.1, -0.05) is 22.9 Å². The van der Waals surface area contributed by atoms with Crippen LogP contribution in [-0.2, 0) is 11.3 Å². The number of carbonyl (C=O) groups is 1. The summed E-state index contributed by atoms with van der Waals surface area (Å²) in [5.74, 6) is 0.365. The summed E-state index contributed by atoms with van der Waals surface area (Å²) >= 11 is 0. The predicted octanol–water partition coefficient (Wildman–Crippen LogP) is 3.00. The van der Waals surface area contributed by atoms with Crippen LogP contribution in [0, 0.1) is 6.92 Å². The Morgan fingerprint density at radius 3 is 2.67 bits per heavy atom. The largest absolute Gasteiger partial charge is 0.490 e. The molecule has 0 saturated heterocycles. The van der Waals surface area contributed by atoms with Gasteiger partial charge in [0.25, 0.3) is 0 Å². The van der Waals surface area contributed by atoms with Crippen LogP contribution in [0.5, 0.6) is 5.75 Å². The second-order valence-corrected chi connectivity index (χ2v) is 5.41. The maximum absolute atomic E-state index is 12.1. The fourth-order valence-corrected chi connectivity index (χ4v) is 2.34. The number of esters is 1. The highest BCUT2D eigenvalue weighted by atomic mass is 16.6. The van der Waals surface area contributed by atoms with Gasteiger partial charge in [0.05, 0.1) is 11.1 Å². The van der Waals surface area contributed by atoms with Gasteiger partial charge in [0.1, 0.15) is 24.5 Å². The highest BCUT2D eigenvalue weighted by molar-refractivity contribution is 5.93. The number of ether oxygens (including phenoxy) is 2. The number of aryl methyl sites for hydroxylation is 2. The molecule has 6 heteroatoms. The fourth-order valence-electron chi connectivity index (χ4n) is 2.34. The monoisotopic (exact) mass is 325 g/mol. The van der Waals surface area contributed by atoms with Crippen molar-refractivity contribution in [2.75, 3.05) is 13.2 Å². The zero-order chi connectivity index (χ0) is 16.9. The summed E-state index contributed by atoms with van der Waals surface area (Å²) in [5.41, 5.74) is 3.21. The van der Waals surface area contributed by atoms with Gasteiger partial charge in [-0.2, -0.15) is 0 Å². The van der Waals surface area contributed by atoms with Crippen LogP contribution in [0.2, 0.25) is 0 Å². The van der Waals surface area contributed by atoms with E-state index in [1.165, 1.54) is 5.56 Å². The summed E-state index contributed by atoms with van der Waals surface area (Å²) < 4.78 is 12.5. The van der Waals surface area contributed by atoms with Crippen molar-refractivity contribution < 1.29 is 14.3 Å². The molecule has 0 aliphatic rings. The average molecular weight is 325 g/mol. The number of rotatable bonds is 6. The van der Waals surface area contributed by atoms with Crippen LogP contribution in [-0.4, -0.2) is 34.2 Å². The molecular formula is C18H19N3O3. The minimum absolute atomic E-state index is 0.187. The van der Waals surface area contributed by atoms with Crippen molar-refractivity contribution in [1.82, 2.24) is 15.0 Å². The molecule has 0 aliphatic heterocycles. The molecule has 0 aliphatic carbocycles. The number of hydrogen-bond donors (Lipinski definition) is 0. The maximum atomic E-state index is 12.1. The van der Waals surface area contributed by atoms with Gasteiger partial charge in [0.2, 0.25) is 0 Å². The summed E-state index contributed by atoms with van der Waals surface area (Å²) in [4.78, 5) is 12.1. The summed E-state index contributed by atoms with van der Waals surface area (Å²) in [6, 6.07) is 13.0. The Labute approximate surface area is 140 Å². The molecule has 1 aromatic heterocycles. The summed E-state index contributed by atoms with van der Waals surface area (Å²) in [5, 5.41) is 8.08. The van der Waals surface area contributed by atoms with E-state index in [1.54, 1.807) is 16.8 Å². The lowest BCUT2D eigenvalue weighted by molar-refractivity contribution is 0.0450. The molecule has 0 saturated carbocycles. The summed E-state index contributed by atoms with van der Waals surface area (Å²) in [6.07, 6.45) is 0. The zero-order valence-corrected chi connectivity index (χ0v) is 13.7. The van der Waals surface area contributed by atoms with Crippen LogP contribution in [0.25, 0.3) is 11.0 Å². The molecule has 0 amide bonds. The minimum Gasteiger partial charge on any atom is -0.490 e. The van der Waals surface area contributed by atoms with E-state index in [1.807, 2.05) is 44.2 Å². The Kier molecular flexibility index (Phi) is 4.74. The first-order chi connectivity index (χ1) is 11.7. The van der Waals surface area contributed by atoms with Gasteiger partial charge in [0, 0.05) is 6.54 Å². The Balaban J connectivity index is 1.54. The Hall–Kier alpha value is -2.89. The first-order valence-electron chi connectivity index (χ1n) is 7.87. The Morgan fingerprint density at radius 1 is 1.12 bits per heavy atom. The van der Waals surface area contributed by atoms with Crippen LogP contribution in [0.15, 0.2) is 42.5 Å². The van der Waals surface area contributed by atoms with Gasteiger partial charge in [-0.15, -0.1) is 5.10 Å². The van der Waals surface area contributed by atoms with E-state index in [-0.39, 0.29) is 6.61 Å². The number of hydrogen-bond acceptors (Lipinski definition) is 5. The van der Waals surface area contributed by atoms with E-state index in [0.717, 1.165) is 17.8 Å². The summed E-state index contributed by atoms with van der Waals surface area (Å²) in [7, 11) is 0. The molecule has 0 N–H and O–H groups in total. The SMILES string of the molecule is CCn1nnc2cc(C(=O)OCCOc3ccc(C)cc3)ccc21. The first-order valence-corrected chi connectivity index (χ1v) is 7.87. The van der Waals surface area contributed by atoms with Crippen LogP contribution in [0.1, 0.15) is 22.8 Å². The molecule has 0 fully saturated rings. The minimum atomic E-state index is -0.393. The second kappa shape index (κ2) is 7.12. The standard InChI is InChI=1S/C18H19N3O3/c1-3-21-17-9-6-14(12-16(17)19-20-21)18(22)24-11-10-23-15-7-4-13(2)5-8-15/h4-9,12H,3,10-11H2,1-2H3. The van der Waals surface area contributed by atoms with Gasteiger partial charge < -0.3 is 9.47 Å². The second-order valence-electron chi connectivity index (χ2n) is 5.41. The van der Waals surface area contributed by atoms with Crippen LogP contribution >= 0.6 is 0 Å². The molecule has 1 heterocycles. The number of aromatic nitrogens is 3. The van der Waals surface area contributed by atoms with E-state index in [2.05, 4.69) is 10.3 Å². The Morgan fingerprint density at radius 2 is 1.92 bits per heavy atom. The van der Waals surface area contributed by atoms with Crippen molar-refractivity contribution in [3.8, 4) is 5.75 Å². The third kappa shape index (κ3) is 3.53. The molecule has 0 atom stereocenters. The smallest absolute Gasteiger partial charge is 0.338 e. The third-order valence-corrected chi connectivity index (χ3v) is 3.66. The molecule has 24 heavy (non-hydrogen) atoms. The van der Waals surface area contributed by atoms with Gasteiger partial charge in [0.15, 0.2) is 0 Å². The normalized spacial score (nSPS) is 10.8.